The second-order valence-electron chi connectivity index (χ2n) is 5.01. The molecule has 0 spiro atoms. The lowest BCUT2D eigenvalue weighted by molar-refractivity contribution is -0.0233. The zero-order valence-corrected chi connectivity index (χ0v) is 11.4. The van der Waals surface area contributed by atoms with Gasteiger partial charge < -0.3 is 14.6 Å². The van der Waals surface area contributed by atoms with Crippen molar-refractivity contribution in [2.75, 3.05) is 7.11 Å². The smallest absolute Gasteiger partial charge is 0.126 e. The van der Waals surface area contributed by atoms with Gasteiger partial charge in [-0.15, -0.1) is 0 Å². The quantitative estimate of drug-likeness (QED) is 0.889. The Morgan fingerprint density at radius 1 is 1.44 bits per heavy atom. The zero-order chi connectivity index (χ0) is 13.2. The number of methoxy groups -OCH3 is 1. The van der Waals surface area contributed by atoms with Crippen molar-refractivity contribution in [2.24, 2.45) is 0 Å². The second kappa shape index (κ2) is 5.19. The van der Waals surface area contributed by atoms with Crippen LogP contribution in [-0.4, -0.2) is 17.8 Å². The molecule has 0 aliphatic carbocycles. The van der Waals surface area contributed by atoms with E-state index in [9.17, 15) is 5.11 Å². The lowest BCUT2D eigenvalue weighted by Gasteiger charge is -2.40. The van der Waals surface area contributed by atoms with E-state index in [1.54, 1.807) is 7.11 Å². The van der Waals surface area contributed by atoms with Crippen LogP contribution < -0.4 is 9.47 Å². The number of aliphatic hydroxyl groups excluding tert-OH is 1. The molecule has 3 heteroatoms. The third kappa shape index (κ3) is 2.32. The number of hydrogen-bond acceptors (Lipinski definition) is 3. The van der Waals surface area contributed by atoms with E-state index < -0.39 is 6.10 Å². The summed E-state index contributed by atoms with van der Waals surface area (Å²) < 4.78 is 11.4. The van der Waals surface area contributed by atoms with E-state index in [2.05, 4.69) is 13.8 Å². The Bertz CT molecular complexity index is 416. The highest BCUT2D eigenvalue weighted by Crippen LogP contribution is 2.44. The summed E-state index contributed by atoms with van der Waals surface area (Å²) in [5, 5.41) is 10.3. The molecule has 1 heterocycles. The summed E-state index contributed by atoms with van der Waals surface area (Å²) in [6.07, 6.45) is 3.16. The van der Waals surface area contributed by atoms with Crippen LogP contribution in [0.2, 0.25) is 0 Å². The van der Waals surface area contributed by atoms with Crippen LogP contribution in [0.4, 0.5) is 0 Å². The summed E-state index contributed by atoms with van der Waals surface area (Å²) in [7, 11) is 1.63. The van der Waals surface area contributed by atoms with Crippen LogP contribution in [0, 0.1) is 0 Å². The molecule has 0 aromatic heterocycles. The van der Waals surface area contributed by atoms with Crippen LogP contribution in [-0.2, 0) is 0 Å². The van der Waals surface area contributed by atoms with Crippen LogP contribution in [0.5, 0.6) is 11.5 Å². The predicted molar refractivity (Wildman–Crippen MR) is 71.1 cm³/mol. The Kier molecular flexibility index (Phi) is 3.81. The minimum absolute atomic E-state index is 0.213. The molecule has 1 N–H and O–H groups in total. The molecule has 1 unspecified atom stereocenters. The molecule has 0 bridgehead atoms. The molecule has 1 aliphatic rings. The third-order valence-corrected chi connectivity index (χ3v) is 3.82. The normalized spacial score (nSPS) is 26.3. The van der Waals surface area contributed by atoms with Gasteiger partial charge in [0.05, 0.1) is 13.2 Å². The van der Waals surface area contributed by atoms with Gasteiger partial charge in [0.2, 0.25) is 0 Å². The largest absolute Gasteiger partial charge is 0.497 e. The fourth-order valence-electron chi connectivity index (χ4n) is 2.75. The molecule has 0 radical (unpaired) electrons. The minimum atomic E-state index is -0.463. The van der Waals surface area contributed by atoms with Crippen molar-refractivity contribution in [2.45, 2.75) is 51.2 Å². The first-order chi connectivity index (χ1) is 8.64. The second-order valence-corrected chi connectivity index (χ2v) is 5.01. The van der Waals surface area contributed by atoms with Crippen molar-refractivity contribution >= 4 is 0 Å². The van der Waals surface area contributed by atoms with Gasteiger partial charge in [-0.2, -0.15) is 0 Å². The SMILES string of the molecule is CCCC1(CC)C[C@@H](O)c2cc(OC)ccc2O1. The van der Waals surface area contributed by atoms with Gasteiger partial charge in [-0.1, -0.05) is 20.3 Å². The number of hydrogen-bond donors (Lipinski definition) is 1. The molecular weight excluding hydrogens is 228 g/mol. The fraction of sp³-hybridized carbons (Fsp3) is 0.600. The Morgan fingerprint density at radius 2 is 2.22 bits per heavy atom. The molecule has 3 nitrogen and oxygen atoms in total. The molecule has 1 aromatic carbocycles. The lowest BCUT2D eigenvalue weighted by atomic mass is 9.83. The Labute approximate surface area is 109 Å². The average molecular weight is 250 g/mol. The maximum atomic E-state index is 10.3. The predicted octanol–water partition coefficient (Wildman–Crippen LogP) is 3.46. The van der Waals surface area contributed by atoms with Crippen LogP contribution >= 0.6 is 0 Å². The molecule has 0 saturated heterocycles. The highest BCUT2D eigenvalue weighted by Gasteiger charge is 2.38. The van der Waals surface area contributed by atoms with Crippen molar-refractivity contribution in [3.8, 4) is 11.5 Å². The third-order valence-electron chi connectivity index (χ3n) is 3.82. The molecule has 2 rings (SSSR count). The number of fused-ring (bicyclic) bond motifs is 1. The summed E-state index contributed by atoms with van der Waals surface area (Å²) >= 11 is 0. The van der Waals surface area contributed by atoms with E-state index in [4.69, 9.17) is 9.47 Å². The van der Waals surface area contributed by atoms with Gasteiger partial charge in [0.25, 0.3) is 0 Å². The van der Waals surface area contributed by atoms with Crippen LogP contribution in [0.3, 0.4) is 0 Å². The van der Waals surface area contributed by atoms with Gasteiger partial charge in [-0.05, 0) is 31.0 Å². The lowest BCUT2D eigenvalue weighted by Crippen LogP contribution is -2.40. The molecule has 2 atom stereocenters. The first-order valence-electron chi connectivity index (χ1n) is 6.69. The van der Waals surface area contributed by atoms with Gasteiger partial charge >= 0.3 is 0 Å². The standard InChI is InChI=1S/C15H22O3/c1-4-8-15(5-2)10-13(16)12-9-11(17-3)6-7-14(12)18-15/h6-7,9,13,16H,4-5,8,10H2,1-3H3/t13-,15?/m1/s1. The molecule has 1 aromatic rings. The highest BCUT2D eigenvalue weighted by molar-refractivity contribution is 5.43. The van der Waals surface area contributed by atoms with E-state index >= 15 is 0 Å². The topological polar surface area (TPSA) is 38.7 Å². The van der Waals surface area contributed by atoms with Crippen molar-refractivity contribution in [3.63, 3.8) is 0 Å². The summed E-state index contributed by atoms with van der Waals surface area (Å²) in [6, 6.07) is 5.64. The number of benzene rings is 1. The number of aliphatic hydroxyl groups is 1. The van der Waals surface area contributed by atoms with Crippen molar-refractivity contribution in [3.05, 3.63) is 23.8 Å². The maximum Gasteiger partial charge on any atom is 0.126 e. The monoisotopic (exact) mass is 250 g/mol. The van der Waals surface area contributed by atoms with E-state index in [0.717, 1.165) is 36.3 Å². The first-order valence-corrected chi connectivity index (χ1v) is 6.69. The average Bonchev–Trinajstić information content (AvgIpc) is 2.39. The van der Waals surface area contributed by atoms with Gasteiger partial charge in [-0.3, -0.25) is 0 Å². The Balaban J connectivity index is 2.33. The fourth-order valence-corrected chi connectivity index (χ4v) is 2.75. The highest BCUT2D eigenvalue weighted by atomic mass is 16.5. The van der Waals surface area contributed by atoms with Gasteiger partial charge in [0.1, 0.15) is 17.1 Å². The minimum Gasteiger partial charge on any atom is -0.497 e. The summed E-state index contributed by atoms with van der Waals surface area (Å²) in [5.41, 5.74) is 0.630. The zero-order valence-electron chi connectivity index (χ0n) is 11.4. The van der Waals surface area contributed by atoms with Crippen LogP contribution in [0.1, 0.15) is 51.2 Å². The van der Waals surface area contributed by atoms with E-state index in [1.807, 2.05) is 18.2 Å². The van der Waals surface area contributed by atoms with Gasteiger partial charge in [0.15, 0.2) is 0 Å². The van der Waals surface area contributed by atoms with E-state index in [-0.39, 0.29) is 5.60 Å². The van der Waals surface area contributed by atoms with Crippen LogP contribution in [0.15, 0.2) is 18.2 Å². The van der Waals surface area contributed by atoms with Crippen LogP contribution in [0.25, 0.3) is 0 Å². The molecule has 100 valence electrons. The van der Waals surface area contributed by atoms with Gasteiger partial charge in [0, 0.05) is 12.0 Å². The summed E-state index contributed by atoms with van der Waals surface area (Å²) in [4.78, 5) is 0. The summed E-state index contributed by atoms with van der Waals surface area (Å²) in [5.74, 6) is 1.56. The van der Waals surface area contributed by atoms with Crippen molar-refractivity contribution < 1.29 is 14.6 Å². The molecule has 1 aliphatic heterocycles. The molecule has 0 saturated carbocycles. The first kappa shape index (κ1) is 13.2. The molecular formula is C15H22O3. The van der Waals surface area contributed by atoms with E-state index in [1.165, 1.54) is 0 Å². The van der Waals surface area contributed by atoms with Gasteiger partial charge in [-0.25, -0.2) is 0 Å². The van der Waals surface area contributed by atoms with Crippen molar-refractivity contribution in [1.29, 1.82) is 0 Å². The summed E-state index contributed by atoms with van der Waals surface area (Å²) in [6.45, 7) is 4.27. The van der Waals surface area contributed by atoms with Crippen molar-refractivity contribution in [1.82, 2.24) is 0 Å². The Hall–Kier alpha value is -1.22. The molecule has 0 amide bonds. The maximum absolute atomic E-state index is 10.3. The van der Waals surface area contributed by atoms with E-state index in [0.29, 0.717) is 6.42 Å². The number of ether oxygens (including phenoxy) is 2. The Morgan fingerprint density at radius 3 is 2.83 bits per heavy atom. The number of rotatable bonds is 4. The molecule has 0 fully saturated rings. The molecule has 18 heavy (non-hydrogen) atoms.